The van der Waals surface area contributed by atoms with Crippen LogP contribution in [0.15, 0.2) is 12.2 Å². The Morgan fingerprint density at radius 1 is 1.57 bits per heavy atom. The summed E-state index contributed by atoms with van der Waals surface area (Å²) in [6.45, 7) is 1.91. The lowest BCUT2D eigenvalue weighted by molar-refractivity contribution is -0.150. The van der Waals surface area contributed by atoms with Crippen LogP contribution in [0.5, 0.6) is 0 Å². The van der Waals surface area contributed by atoms with E-state index in [1.165, 1.54) is 0 Å². The van der Waals surface area contributed by atoms with Crippen LogP contribution in [0.2, 0.25) is 0 Å². The Labute approximate surface area is 84.4 Å². The molecule has 3 nitrogen and oxygen atoms in total. The normalized spacial score (nSPS) is 35.7. The first-order valence-electron chi connectivity index (χ1n) is 5.19. The van der Waals surface area contributed by atoms with E-state index in [0.29, 0.717) is 25.7 Å². The lowest BCUT2D eigenvalue weighted by Crippen LogP contribution is -2.32. The first-order valence-corrected chi connectivity index (χ1v) is 5.19. The molecule has 0 aromatic heterocycles. The van der Waals surface area contributed by atoms with Crippen LogP contribution in [0.1, 0.15) is 39.0 Å². The van der Waals surface area contributed by atoms with E-state index in [4.69, 9.17) is 0 Å². The fraction of sp³-hybridized carbons (Fsp3) is 0.727. The van der Waals surface area contributed by atoms with Crippen molar-refractivity contribution in [3.8, 4) is 0 Å². The molecular formula is C11H18O3. The van der Waals surface area contributed by atoms with E-state index in [1.807, 2.05) is 13.0 Å². The highest BCUT2D eigenvalue weighted by atomic mass is 16.4. The van der Waals surface area contributed by atoms with Crippen LogP contribution >= 0.6 is 0 Å². The third-order valence-corrected chi connectivity index (χ3v) is 3.20. The fourth-order valence-electron chi connectivity index (χ4n) is 1.98. The summed E-state index contributed by atoms with van der Waals surface area (Å²) < 4.78 is 0. The van der Waals surface area contributed by atoms with Crippen molar-refractivity contribution in [1.29, 1.82) is 0 Å². The number of carbonyl (C=O) groups is 1. The number of carboxylic acids is 1. The van der Waals surface area contributed by atoms with Crippen LogP contribution in [0.25, 0.3) is 0 Å². The summed E-state index contributed by atoms with van der Waals surface area (Å²) in [5.41, 5.74) is -0.619. The first kappa shape index (κ1) is 11.2. The summed E-state index contributed by atoms with van der Waals surface area (Å²) in [6, 6.07) is 0. The molecule has 0 aromatic carbocycles. The monoisotopic (exact) mass is 198 g/mol. The van der Waals surface area contributed by atoms with Gasteiger partial charge >= 0.3 is 5.97 Å². The van der Waals surface area contributed by atoms with Crippen molar-refractivity contribution in [2.24, 2.45) is 5.41 Å². The molecule has 0 aliphatic heterocycles. The molecule has 0 saturated carbocycles. The largest absolute Gasteiger partial charge is 0.481 e. The molecule has 2 N–H and O–H groups in total. The maximum absolute atomic E-state index is 11.2. The lowest BCUT2D eigenvalue weighted by Gasteiger charge is -2.29. The van der Waals surface area contributed by atoms with Crippen molar-refractivity contribution in [2.75, 3.05) is 0 Å². The van der Waals surface area contributed by atoms with Crippen molar-refractivity contribution < 1.29 is 15.0 Å². The molecule has 0 fully saturated rings. The predicted octanol–water partition coefficient (Wildman–Crippen LogP) is 1.96. The molecule has 0 bridgehead atoms. The Balaban J connectivity index is 2.77. The molecule has 2 atom stereocenters. The molecule has 0 heterocycles. The minimum atomic E-state index is -0.720. The molecule has 0 unspecified atom stereocenters. The quantitative estimate of drug-likeness (QED) is 0.667. The van der Waals surface area contributed by atoms with Gasteiger partial charge in [-0.1, -0.05) is 19.1 Å². The second-order valence-corrected chi connectivity index (χ2v) is 4.01. The Hall–Kier alpha value is -0.830. The molecule has 1 rings (SSSR count). The van der Waals surface area contributed by atoms with Crippen molar-refractivity contribution in [3.05, 3.63) is 12.2 Å². The van der Waals surface area contributed by atoms with Gasteiger partial charge in [0.25, 0.3) is 0 Å². The van der Waals surface area contributed by atoms with E-state index in [1.54, 1.807) is 6.08 Å². The van der Waals surface area contributed by atoms with Gasteiger partial charge in [0.1, 0.15) is 0 Å². The Morgan fingerprint density at radius 2 is 2.29 bits per heavy atom. The molecule has 0 saturated heterocycles. The average molecular weight is 198 g/mol. The van der Waals surface area contributed by atoms with Crippen LogP contribution in [0.3, 0.4) is 0 Å². The third-order valence-electron chi connectivity index (χ3n) is 3.20. The van der Waals surface area contributed by atoms with Crippen LogP contribution < -0.4 is 0 Å². The van der Waals surface area contributed by atoms with Gasteiger partial charge in [0, 0.05) is 0 Å². The third kappa shape index (κ3) is 2.35. The topological polar surface area (TPSA) is 57.5 Å². The Bertz CT molecular complexity index is 235. The van der Waals surface area contributed by atoms with E-state index < -0.39 is 17.5 Å². The fourth-order valence-corrected chi connectivity index (χ4v) is 1.98. The second-order valence-electron chi connectivity index (χ2n) is 4.01. The zero-order valence-corrected chi connectivity index (χ0v) is 8.57. The number of allylic oxidation sites excluding steroid dienone is 1. The van der Waals surface area contributed by atoms with E-state index in [-0.39, 0.29) is 0 Å². The summed E-state index contributed by atoms with van der Waals surface area (Å²) in [7, 11) is 0. The first-order chi connectivity index (χ1) is 6.60. The van der Waals surface area contributed by atoms with Gasteiger partial charge in [0.05, 0.1) is 11.5 Å². The molecule has 0 spiro atoms. The number of hydrogen-bond acceptors (Lipinski definition) is 2. The highest BCUT2D eigenvalue weighted by Gasteiger charge is 2.36. The van der Waals surface area contributed by atoms with Crippen molar-refractivity contribution >= 4 is 5.97 Å². The van der Waals surface area contributed by atoms with Crippen LogP contribution in [0.4, 0.5) is 0 Å². The average Bonchev–Trinajstić information content (AvgIpc) is 2.13. The minimum absolute atomic E-state index is 0.472. The lowest BCUT2D eigenvalue weighted by atomic mass is 9.75. The summed E-state index contributed by atoms with van der Waals surface area (Å²) >= 11 is 0. The van der Waals surface area contributed by atoms with E-state index in [9.17, 15) is 15.0 Å². The number of aliphatic hydroxyl groups is 1. The second kappa shape index (κ2) is 4.60. The zero-order chi connectivity index (χ0) is 10.6. The molecule has 0 amide bonds. The van der Waals surface area contributed by atoms with Crippen molar-refractivity contribution in [1.82, 2.24) is 0 Å². The predicted molar refractivity (Wildman–Crippen MR) is 54.0 cm³/mol. The number of aliphatic hydroxyl groups excluding tert-OH is 1. The molecule has 14 heavy (non-hydrogen) atoms. The number of carboxylic acid groups (broad SMARTS) is 1. The number of rotatable bonds is 2. The van der Waals surface area contributed by atoms with Gasteiger partial charge < -0.3 is 10.2 Å². The molecule has 80 valence electrons. The molecule has 0 aromatic rings. The van der Waals surface area contributed by atoms with Crippen LogP contribution in [0, 0.1) is 5.41 Å². The van der Waals surface area contributed by atoms with Crippen LogP contribution in [-0.2, 0) is 4.79 Å². The highest BCUT2D eigenvalue weighted by Crippen LogP contribution is 2.35. The van der Waals surface area contributed by atoms with Gasteiger partial charge in [-0.3, -0.25) is 4.79 Å². The SMILES string of the molecule is CC[C@@]1(C(=O)O)CC/C=C\[C@@H](O)CC1. The van der Waals surface area contributed by atoms with Gasteiger partial charge in [-0.25, -0.2) is 0 Å². The molecule has 3 heteroatoms. The Morgan fingerprint density at radius 3 is 2.86 bits per heavy atom. The maximum Gasteiger partial charge on any atom is 0.309 e. The minimum Gasteiger partial charge on any atom is -0.481 e. The number of hydrogen-bond donors (Lipinski definition) is 2. The summed E-state index contributed by atoms with van der Waals surface area (Å²) in [6.07, 6.45) is 6.38. The van der Waals surface area contributed by atoms with Crippen LogP contribution in [-0.4, -0.2) is 22.3 Å². The summed E-state index contributed by atoms with van der Waals surface area (Å²) in [5, 5.41) is 18.6. The molecule has 1 aliphatic carbocycles. The van der Waals surface area contributed by atoms with Gasteiger partial charge in [-0.2, -0.15) is 0 Å². The van der Waals surface area contributed by atoms with Crippen molar-refractivity contribution in [2.45, 2.75) is 45.1 Å². The van der Waals surface area contributed by atoms with Gasteiger partial charge in [-0.15, -0.1) is 0 Å². The van der Waals surface area contributed by atoms with E-state index in [2.05, 4.69) is 0 Å². The molecule has 0 radical (unpaired) electrons. The summed E-state index contributed by atoms with van der Waals surface area (Å²) in [5.74, 6) is -0.720. The standard InChI is InChI=1S/C11H18O3/c1-2-11(10(13)14)7-4-3-5-9(12)6-8-11/h3,5,9,12H,2,4,6-8H2,1H3,(H,13,14)/b5-3-/t9-,11-/m1/s1. The summed E-state index contributed by atoms with van der Waals surface area (Å²) in [4.78, 5) is 11.2. The van der Waals surface area contributed by atoms with Gasteiger partial charge in [0.15, 0.2) is 0 Å². The smallest absolute Gasteiger partial charge is 0.309 e. The van der Waals surface area contributed by atoms with Gasteiger partial charge in [0.2, 0.25) is 0 Å². The zero-order valence-electron chi connectivity index (χ0n) is 8.57. The molecule has 1 aliphatic rings. The number of aliphatic carboxylic acids is 1. The molecular weight excluding hydrogens is 180 g/mol. The maximum atomic E-state index is 11.2. The van der Waals surface area contributed by atoms with Crippen molar-refractivity contribution in [3.63, 3.8) is 0 Å². The highest BCUT2D eigenvalue weighted by molar-refractivity contribution is 5.74. The van der Waals surface area contributed by atoms with E-state index >= 15 is 0 Å². The van der Waals surface area contributed by atoms with Gasteiger partial charge in [-0.05, 0) is 32.1 Å². The Kier molecular flexibility index (Phi) is 3.69. The van der Waals surface area contributed by atoms with E-state index in [0.717, 1.165) is 6.42 Å².